The third kappa shape index (κ3) is 2.62. The first-order chi connectivity index (χ1) is 10.1. The average Bonchev–Trinajstić information content (AvgIpc) is 3.02. The van der Waals surface area contributed by atoms with Gasteiger partial charge in [0.05, 0.1) is 4.91 Å². The number of imide groups is 1. The molecule has 1 aliphatic heterocycles. The fourth-order valence-corrected chi connectivity index (χ4v) is 2.97. The second-order valence-corrected chi connectivity index (χ2v) is 5.95. The SMILES string of the molecule is CN1C(=O)S/C(=C/c2cccn2-c2ccc(Cl)cc2)C1=O. The lowest BCUT2D eigenvalue weighted by Gasteiger charge is -2.07. The molecule has 0 aliphatic carbocycles. The minimum absolute atomic E-state index is 0.254. The Kier molecular flexibility index (Phi) is 3.61. The lowest BCUT2D eigenvalue weighted by Crippen LogP contribution is -2.22. The first-order valence-electron chi connectivity index (χ1n) is 6.21. The Hall–Kier alpha value is -1.98. The van der Waals surface area contributed by atoms with Crippen LogP contribution >= 0.6 is 23.4 Å². The summed E-state index contributed by atoms with van der Waals surface area (Å²) in [6, 6.07) is 11.2. The van der Waals surface area contributed by atoms with Crippen molar-refractivity contribution in [3.05, 3.63) is 58.2 Å². The predicted molar refractivity (Wildman–Crippen MR) is 84.5 cm³/mol. The normalized spacial score (nSPS) is 17.0. The molecule has 4 nitrogen and oxygen atoms in total. The highest BCUT2D eigenvalue weighted by Crippen LogP contribution is 2.31. The van der Waals surface area contributed by atoms with E-state index in [9.17, 15) is 9.59 Å². The van der Waals surface area contributed by atoms with Gasteiger partial charge in [-0.2, -0.15) is 0 Å². The Balaban J connectivity index is 1.99. The Morgan fingerprint density at radius 3 is 2.48 bits per heavy atom. The van der Waals surface area contributed by atoms with Gasteiger partial charge in [-0.05, 0) is 54.2 Å². The van der Waals surface area contributed by atoms with E-state index < -0.39 is 0 Å². The highest BCUT2D eigenvalue weighted by atomic mass is 35.5. The summed E-state index contributed by atoms with van der Waals surface area (Å²) in [7, 11) is 1.48. The standard InChI is InChI=1S/C15H11ClN2O2S/c1-17-14(19)13(21-15(17)20)9-12-3-2-8-18(12)11-6-4-10(16)5-7-11/h2-9H,1H3/b13-9+. The summed E-state index contributed by atoms with van der Waals surface area (Å²) in [5, 5.41) is 0.412. The highest BCUT2D eigenvalue weighted by Gasteiger charge is 2.31. The molecular formula is C15H11ClN2O2S. The van der Waals surface area contributed by atoms with Crippen molar-refractivity contribution >= 4 is 40.6 Å². The van der Waals surface area contributed by atoms with E-state index in [2.05, 4.69) is 0 Å². The van der Waals surface area contributed by atoms with E-state index in [0.29, 0.717) is 9.93 Å². The van der Waals surface area contributed by atoms with E-state index in [1.165, 1.54) is 7.05 Å². The molecule has 0 bridgehead atoms. The molecule has 2 heterocycles. The molecule has 0 N–H and O–H groups in total. The van der Waals surface area contributed by atoms with E-state index in [1.807, 2.05) is 35.0 Å². The van der Waals surface area contributed by atoms with Crippen LogP contribution in [0.2, 0.25) is 5.02 Å². The zero-order valence-corrected chi connectivity index (χ0v) is 12.7. The van der Waals surface area contributed by atoms with Crippen LogP contribution in [-0.4, -0.2) is 27.7 Å². The second kappa shape index (κ2) is 5.42. The first kappa shape index (κ1) is 14.0. The Bertz CT molecular complexity index is 749. The van der Waals surface area contributed by atoms with Crippen LogP contribution in [0.3, 0.4) is 0 Å². The summed E-state index contributed by atoms with van der Waals surface area (Å²) in [5.41, 5.74) is 1.77. The molecule has 2 amide bonds. The highest BCUT2D eigenvalue weighted by molar-refractivity contribution is 8.18. The van der Waals surface area contributed by atoms with Gasteiger partial charge in [0.1, 0.15) is 0 Å². The average molecular weight is 319 g/mol. The van der Waals surface area contributed by atoms with Gasteiger partial charge in [-0.3, -0.25) is 14.5 Å². The van der Waals surface area contributed by atoms with Gasteiger partial charge in [0.2, 0.25) is 0 Å². The molecule has 0 unspecified atom stereocenters. The predicted octanol–water partition coefficient (Wildman–Crippen LogP) is 3.80. The molecule has 6 heteroatoms. The zero-order valence-electron chi connectivity index (χ0n) is 11.1. The van der Waals surface area contributed by atoms with E-state index in [-0.39, 0.29) is 11.1 Å². The lowest BCUT2D eigenvalue weighted by atomic mass is 10.3. The lowest BCUT2D eigenvalue weighted by molar-refractivity contribution is -0.121. The summed E-state index contributed by atoms with van der Waals surface area (Å²) in [5.74, 6) is -0.270. The number of halogens is 1. The second-order valence-electron chi connectivity index (χ2n) is 4.52. The van der Waals surface area contributed by atoms with Crippen molar-refractivity contribution in [1.29, 1.82) is 0 Å². The van der Waals surface area contributed by atoms with Crippen molar-refractivity contribution in [3.63, 3.8) is 0 Å². The topological polar surface area (TPSA) is 42.3 Å². The van der Waals surface area contributed by atoms with E-state index in [4.69, 9.17) is 11.6 Å². The fraction of sp³-hybridized carbons (Fsp3) is 0.0667. The molecule has 1 aliphatic rings. The van der Waals surface area contributed by atoms with Crippen molar-refractivity contribution in [2.24, 2.45) is 0 Å². The minimum Gasteiger partial charge on any atom is -0.317 e. The number of aromatic nitrogens is 1. The molecule has 0 saturated carbocycles. The van der Waals surface area contributed by atoms with Gasteiger partial charge in [-0.1, -0.05) is 11.6 Å². The monoisotopic (exact) mass is 318 g/mol. The van der Waals surface area contributed by atoms with Crippen LogP contribution in [0.15, 0.2) is 47.5 Å². The molecule has 2 aromatic rings. The number of likely N-dealkylation sites (N-methyl/N-ethyl adjacent to an activating group) is 1. The van der Waals surface area contributed by atoms with Crippen molar-refractivity contribution in [3.8, 4) is 5.69 Å². The van der Waals surface area contributed by atoms with E-state index in [1.54, 1.807) is 18.2 Å². The molecule has 1 aromatic heterocycles. The number of rotatable bonds is 2. The van der Waals surface area contributed by atoms with Gasteiger partial charge in [0, 0.05) is 29.6 Å². The molecule has 106 valence electrons. The van der Waals surface area contributed by atoms with Gasteiger partial charge in [-0.25, -0.2) is 0 Å². The van der Waals surface area contributed by atoms with Crippen LogP contribution in [0.25, 0.3) is 11.8 Å². The molecule has 3 rings (SSSR count). The van der Waals surface area contributed by atoms with Crippen LogP contribution in [-0.2, 0) is 4.79 Å². The van der Waals surface area contributed by atoms with Gasteiger partial charge >= 0.3 is 0 Å². The van der Waals surface area contributed by atoms with Gasteiger partial charge in [0.25, 0.3) is 11.1 Å². The van der Waals surface area contributed by atoms with Crippen LogP contribution < -0.4 is 0 Å². The maximum atomic E-state index is 11.9. The van der Waals surface area contributed by atoms with Crippen molar-refractivity contribution in [2.75, 3.05) is 7.05 Å². The number of amides is 2. The number of thioether (sulfide) groups is 1. The maximum Gasteiger partial charge on any atom is 0.293 e. The minimum atomic E-state index is -0.270. The third-order valence-electron chi connectivity index (χ3n) is 3.15. The molecule has 1 aromatic carbocycles. The number of hydrogen-bond donors (Lipinski definition) is 0. The van der Waals surface area contributed by atoms with Crippen molar-refractivity contribution in [1.82, 2.24) is 9.47 Å². The largest absolute Gasteiger partial charge is 0.317 e. The van der Waals surface area contributed by atoms with Gasteiger partial charge in [0.15, 0.2) is 0 Å². The van der Waals surface area contributed by atoms with Crippen molar-refractivity contribution in [2.45, 2.75) is 0 Å². The molecule has 1 fully saturated rings. The summed E-state index contributed by atoms with van der Waals surface area (Å²) in [6.45, 7) is 0. The van der Waals surface area contributed by atoms with Gasteiger partial charge in [-0.15, -0.1) is 0 Å². The summed E-state index contributed by atoms with van der Waals surface area (Å²) in [4.78, 5) is 25.0. The number of nitrogens with zero attached hydrogens (tertiary/aromatic N) is 2. The van der Waals surface area contributed by atoms with Crippen LogP contribution in [0.4, 0.5) is 4.79 Å². The van der Waals surface area contributed by atoms with Crippen molar-refractivity contribution < 1.29 is 9.59 Å². The first-order valence-corrected chi connectivity index (χ1v) is 7.40. The van der Waals surface area contributed by atoms with Crippen LogP contribution in [0.1, 0.15) is 5.69 Å². The maximum absolute atomic E-state index is 11.9. The third-order valence-corrected chi connectivity index (χ3v) is 4.36. The summed E-state index contributed by atoms with van der Waals surface area (Å²) in [6.07, 6.45) is 3.62. The summed E-state index contributed by atoms with van der Waals surface area (Å²) < 4.78 is 1.93. The molecular weight excluding hydrogens is 308 g/mol. The number of benzene rings is 1. The quantitative estimate of drug-likeness (QED) is 0.791. The Labute approximate surface area is 131 Å². The zero-order chi connectivity index (χ0) is 15.0. The molecule has 21 heavy (non-hydrogen) atoms. The number of carbonyl (C=O) groups excluding carboxylic acids is 2. The molecule has 1 saturated heterocycles. The number of carbonyl (C=O) groups is 2. The summed E-state index contributed by atoms with van der Waals surface area (Å²) >= 11 is 6.84. The van der Waals surface area contributed by atoms with Crippen LogP contribution in [0.5, 0.6) is 0 Å². The molecule has 0 radical (unpaired) electrons. The Morgan fingerprint density at radius 2 is 1.86 bits per heavy atom. The fourth-order valence-electron chi connectivity index (χ4n) is 2.03. The smallest absolute Gasteiger partial charge is 0.293 e. The molecule has 0 spiro atoms. The van der Waals surface area contributed by atoms with Crippen LogP contribution in [0, 0.1) is 0 Å². The number of hydrogen-bond acceptors (Lipinski definition) is 3. The van der Waals surface area contributed by atoms with E-state index >= 15 is 0 Å². The van der Waals surface area contributed by atoms with E-state index in [0.717, 1.165) is 28.0 Å². The molecule has 0 atom stereocenters. The Morgan fingerprint density at radius 1 is 1.14 bits per heavy atom. The van der Waals surface area contributed by atoms with Gasteiger partial charge < -0.3 is 4.57 Å².